The second-order valence-electron chi connectivity index (χ2n) is 4.38. The Balaban J connectivity index is 2.41. The Labute approximate surface area is 115 Å². The van der Waals surface area contributed by atoms with Gasteiger partial charge in [-0.25, -0.2) is 4.39 Å². The zero-order valence-electron chi connectivity index (χ0n) is 10.9. The zero-order chi connectivity index (χ0) is 14.9. The van der Waals surface area contributed by atoms with Gasteiger partial charge < -0.3 is 5.11 Å². The number of rotatable bonds is 4. The van der Waals surface area contributed by atoms with Crippen molar-refractivity contribution < 1.29 is 17.9 Å². The Kier molecular flexibility index (Phi) is 3.78. The van der Waals surface area contributed by atoms with Crippen LogP contribution in [0, 0.1) is 19.7 Å². The number of sulfonamides is 1. The highest BCUT2D eigenvalue weighted by Gasteiger charge is 2.24. The van der Waals surface area contributed by atoms with Crippen LogP contribution in [0.3, 0.4) is 0 Å². The summed E-state index contributed by atoms with van der Waals surface area (Å²) in [4.78, 5) is 0. The number of aliphatic hydroxyl groups is 1. The van der Waals surface area contributed by atoms with E-state index in [1.165, 1.54) is 12.1 Å². The SMILES string of the molecule is Cc1ccc(NS(=O)(=O)c2n[nH]c(C)c2CO)c(F)c1. The number of nitrogens with zero attached hydrogens (tertiary/aromatic N) is 1. The first kappa shape index (κ1) is 14.5. The van der Waals surface area contributed by atoms with E-state index in [2.05, 4.69) is 14.9 Å². The predicted molar refractivity (Wildman–Crippen MR) is 71.2 cm³/mol. The van der Waals surface area contributed by atoms with Crippen LogP contribution in [-0.2, 0) is 16.6 Å². The molecular weight excluding hydrogens is 285 g/mol. The van der Waals surface area contributed by atoms with E-state index in [4.69, 9.17) is 0 Å². The molecule has 0 unspecified atom stereocenters. The summed E-state index contributed by atoms with van der Waals surface area (Å²) in [5.74, 6) is -0.675. The highest BCUT2D eigenvalue weighted by Crippen LogP contribution is 2.22. The van der Waals surface area contributed by atoms with E-state index in [0.717, 1.165) is 0 Å². The fourth-order valence-electron chi connectivity index (χ4n) is 1.73. The zero-order valence-corrected chi connectivity index (χ0v) is 11.8. The molecule has 2 aromatic rings. The molecule has 6 nitrogen and oxygen atoms in total. The van der Waals surface area contributed by atoms with Crippen LogP contribution in [0.5, 0.6) is 0 Å². The molecule has 0 atom stereocenters. The molecule has 2 rings (SSSR count). The maximum Gasteiger partial charge on any atom is 0.281 e. The van der Waals surface area contributed by atoms with Crippen molar-refractivity contribution >= 4 is 15.7 Å². The summed E-state index contributed by atoms with van der Waals surface area (Å²) in [6, 6.07) is 4.14. The second kappa shape index (κ2) is 5.22. The number of hydrogen-bond acceptors (Lipinski definition) is 4. The Hall–Kier alpha value is -1.93. The lowest BCUT2D eigenvalue weighted by Crippen LogP contribution is -2.16. The van der Waals surface area contributed by atoms with Gasteiger partial charge >= 0.3 is 0 Å². The van der Waals surface area contributed by atoms with Gasteiger partial charge in [-0.15, -0.1) is 0 Å². The van der Waals surface area contributed by atoms with Crippen LogP contribution in [0.2, 0.25) is 0 Å². The predicted octanol–water partition coefficient (Wildman–Crippen LogP) is 1.46. The van der Waals surface area contributed by atoms with Crippen molar-refractivity contribution in [1.29, 1.82) is 0 Å². The maximum atomic E-state index is 13.7. The van der Waals surface area contributed by atoms with Crippen molar-refractivity contribution in [2.24, 2.45) is 0 Å². The van der Waals surface area contributed by atoms with Crippen LogP contribution in [0.15, 0.2) is 23.2 Å². The second-order valence-corrected chi connectivity index (χ2v) is 5.98. The minimum atomic E-state index is -4.06. The first-order valence-electron chi connectivity index (χ1n) is 5.79. The number of H-pyrrole nitrogens is 1. The number of aromatic nitrogens is 2. The number of halogens is 1. The molecule has 0 aliphatic carbocycles. The number of aromatic amines is 1. The summed E-state index contributed by atoms with van der Waals surface area (Å²) in [6.07, 6.45) is 0. The molecule has 1 heterocycles. The van der Waals surface area contributed by atoms with Gasteiger partial charge in [0.05, 0.1) is 12.3 Å². The molecule has 0 amide bonds. The summed E-state index contributed by atoms with van der Waals surface area (Å²) in [5, 5.41) is 15.0. The molecule has 0 fully saturated rings. The highest BCUT2D eigenvalue weighted by molar-refractivity contribution is 7.92. The molecule has 0 saturated heterocycles. The average molecular weight is 299 g/mol. The molecule has 0 bridgehead atoms. The van der Waals surface area contributed by atoms with Crippen LogP contribution in [0.4, 0.5) is 10.1 Å². The Morgan fingerprint density at radius 1 is 1.40 bits per heavy atom. The number of benzene rings is 1. The van der Waals surface area contributed by atoms with Crippen molar-refractivity contribution in [3.05, 3.63) is 40.8 Å². The molecule has 0 spiro atoms. The van der Waals surface area contributed by atoms with Crippen LogP contribution >= 0.6 is 0 Å². The van der Waals surface area contributed by atoms with E-state index >= 15 is 0 Å². The smallest absolute Gasteiger partial charge is 0.281 e. The fraction of sp³-hybridized carbons (Fsp3) is 0.250. The van der Waals surface area contributed by atoms with E-state index in [1.807, 2.05) is 0 Å². The van der Waals surface area contributed by atoms with Crippen molar-refractivity contribution in [2.45, 2.75) is 25.5 Å². The summed E-state index contributed by atoms with van der Waals surface area (Å²) in [6.45, 7) is 2.81. The lowest BCUT2D eigenvalue weighted by molar-refractivity contribution is 0.277. The maximum absolute atomic E-state index is 13.7. The van der Waals surface area contributed by atoms with Gasteiger partial charge in [0.25, 0.3) is 10.0 Å². The number of anilines is 1. The van der Waals surface area contributed by atoms with Gasteiger partial charge in [-0.2, -0.15) is 13.5 Å². The van der Waals surface area contributed by atoms with Gasteiger partial charge in [0.1, 0.15) is 5.82 Å². The van der Waals surface area contributed by atoms with E-state index in [9.17, 15) is 17.9 Å². The summed E-state index contributed by atoms with van der Waals surface area (Å²) >= 11 is 0. The third-order valence-corrected chi connectivity index (χ3v) is 4.15. The molecule has 108 valence electrons. The minimum absolute atomic E-state index is 0.157. The molecule has 3 N–H and O–H groups in total. The van der Waals surface area contributed by atoms with E-state index in [1.54, 1.807) is 19.9 Å². The van der Waals surface area contributed by atoms with Gasteiger partial charge in [-0.05, 0) is 31.5 Å². The van der Waals surface area contributed by atoms with Crippen LogP contribution in [0.1, 0.15) is 16.8 Å². The van der Waals surface area contributed by atoms with Gasteiger partial charge in [-0.3, -0.25) is 9.82 Å². The quantitative estimate of drug-likeness (QED) is 0.796. The molecule has 1 aromatic carbocycles. The van der Waals surface area contributed by atoms with E-state index in [0.29, 0.717) is 11.3 Å². The fourth-order valence-corrected chi connectivity index (χ4v) is 2.99. The van der Waals surface area contributed by atoms with Crippen LogP contribution in [0.25, 0.3) is 0 Å². The van der Waals surface area contributed by atoms with Crippen molar-refractivity contribution in [3.8, 4) is 0 Å². The highest BCUT2D eigenvalue weighted by atomic mass is 32.2. The van der Waals surface area contributed by atoms with Crippen LogP contribution < -0.4 is 4.72 Å². The average Bonchev–Trinajstić information content (AvgIpc) is 2.74. The molecule has 0 saturated carbocycles. The topological polar surface area (TPSA) is 95.1 Å². The minimum Gasteiger partial charge on any atom is -0.392 e. The first-order valence-corrected chi connectivity index (χ1v) is 7.27. The number of nitrogens with one attached hydrogen (secondary N) is 2. The van der Waals surface area contributed by atoms with E-state index in [-0.39, 0.29) is 16.3 Å². The summed E-state index contributed by atoms with van der Waals surface area (Å²) in [5.41, 5.74) is 1.11. The van der Waals surface area contributed by atoms with Crippen molar-refractivity contribution in [2.75, 3.05) is 4.72 Å². The normalized spacial score (nSPS) is 11.6. The van der Waals surface area contributed by atoms with Gasteiger partial charge in [-0.1, -0.05) is 6.07 Å². The Morgan fingerprint density at radius 2 is 2.10 bits per heavy atom. The summed E-state index contributed by atoms with van der Waals surface area (Å²) in [7, 11) is -4.06. The lowest BCUT2D eigenvalue weighted by atomic mass is 10.2. The largest absolute Gasteiger partial charge is 0.392 e. The molecule has 0 aliphatic heterocycles. The molecule has 0 radical (unpaired) electrons. The molecular formula is C12H14FN3O3S. The number of aliphatic hydroxyl groups excluding tert-OH is 1. The van der Waals surface area contributed by atoms with Gasteiger partial charge in [0, 0.05) is 11.3 Å². The summed E-state index contributed by atoms with van der Waals surface area (Å²) < 4.78 is 40.1. The third kappa shape index (κ3) is 2.66. The first-order chi connectivity index (χ1) is 9.35. The van der Waals surface area contributed by atoms with Crippen LogP contribution in [-0.4, -0.2) is 23.7 Å². The molecule has 8 heteroatoms. The standard InChI is InChI=1S/C12H14FN3O3S/c1-7-3-4-11(10(13)5-7)16-20(18,19)12-9(6-17)8(2)14-15-12/h3-5,16-17H,6H2,1-2H3,(H,14,15). The van der Waals surface area contributed by atoms with Gasteiger partial charge in [0.15, 0.2) is 0 Å². The van der Waals surface area contributed by atoms with Crippen molar-refractivity contribution in [3.63, 3.8) is 0 Å². The molecule has 1 aromatic heterocycles. The Bertz CT molecular complexity index is 740. The molecule has 0 aliphatic rings. The van der Waals surface area contributed by atoms with E-state index < -0.39 is 22.4 Å². The monoisotopic (exact) mass is 299 g/mol. The number of aryl methyl sites for hydroxylation is 2. The molecule has 20 heavy (non-hydrogen) atoms. The third-order valence-electron chi connectivity index (χ3n) is 2.82. The Morgan fingerprint density at radius 3 is 2.70 bits per heavy atom. The van der Waals surface area contributed by atoms with Crippen molar-refractivity contribution in [1.82, 2.24) is 10.2 Å². The number of hydrogen-bond donors (Lipinski definition) is 3. The van der Waals surface area contributed by atoms with Gasteiger partial charge in [0.2, 0.25) is 5.03 Å². The lowest BCUT2D eigenvalue weighted by Gasteiger charge is -2.08.